The summed E-state index contributed by atoms with van der Waals surface area (Å²) in [5.74, 6) is 0.510. The zero-order valence-corrected chi connectivity index (χ0v) is 14.0. The van der Waals surface area contributed by atoms with Crippen molar-refractivity contribution in [2.75, 3.05) is 36.9 Å². The van der Waals surface area contributed by atoms with Crippen LogP contribution in [0.4, 0.5) is 4.39 Å². The van der Waals surface area contributed by atoms with Crippen LogP contribution in [0.3, 0.4) is 0 Å². The summed E-state index contributed by atoms with van der Waals surface area (Å²) in [6, 6.07) is 3.96. The maximum absolute atomic E-state index is 13.2. The van der Waals surface area contributed by atoms with Crippen LogP contribution in [0.15, 0.2) is 18.2 Å². The summed E-state index contributed by atoms with van der Waals surface area (Å²) in [5, 5.41) is 2.55. The van der Waals surface area contributed by atoms with Crippen molar-refractivity contribution in [3.63, 3.8) is 0 Å². The molecule has 5 nitrogen and oxygen atoms in total. The standard InChI is InChI=1S/C14H19FN2O3S2/c1-11-2-3-12(15)10-13(11)14(18)16-4-9-22(19,20)17-5-7-21-8-6-17/h2-3,10H,4-9H2,1H3,(H,16,18). The number of sulfonamides is 1. The Hall–Kier alpha value is -1.12. The molecule has 1 aromatic carbocycles. The van der Waals surface area contributed by atoms with E-state index in [2.05, 4.69) is 5.32 Å². The van der Waals surface area contributed by atoms with Crippen LogP contribution in [-0.4, -0.2) is 55.5 Å². The SMILES string of the molecule is Cc1ccc(F)cc1C(=O)NCCS(=O)(=O)N1CCSCC1. The molecule has 0 aromatic heterocycles. The first-order valence-corrected chi connectivity index (χ1v) is 9.76. The topological polar surface area (TPSA) is 66.5 Å². The number of aryl methyl sites for hydroxylation is 1. The molecule has 0 aliphatic carbocycles. The van der Waals surface area contributed by atoms with Gasteiger partial charge in [-0.15, -0.1) is 0 Å². The van der Waals surface area contributed by atoms with E-state index in [1.807, 2.05) is 0 Å². The molecular weight excluding hydrogens is 327 g/mol. The van der Waals surface area contributed by atoms with Crippen molar-refractivity contribution in [2.24, 2.45) is 0 Å². The number of hydrogen-bond acceptors (Lipinski definition) is 4. The molecule has 1 aliphatic rings. The van der Waals surface area contributed by atoms with E-state index in [1.54, 1.807) is 18.7 Å². The van der Waals surface area contributed by atoms with Gasteiger partial charge in [0.25, 0.3) is 5.91 Å². The highest BCUT2D eigenvalue weighted by atomic mass is 32.2. The molecule has 1 amide bonds. The van der Waals surface area contributed by atoms with Gasteiger partial charge in [0.1, 0.15) is 5.82 Å². The minimum Gasteiger partial charge on any atom is -0.351 e. The van der Waals surface area contributed by atoms with Crippen LogP contribution in [0, 0.1) is 12.7 Å². The van der Waals surface area contributed by atoms with E-state index in [0.29, 0.717) is 18.7 Å². The fourth-order valence-corrected chi connectivity index (χ4v) is 4.67. The quantitative estimate of drug-likeness (QED) is 0.871. The Labute approximate surface area is 134 Å². The zero-order valence-electron chi connectivity index (χ0n) is 12.3. The summed E-state index contributed by atoms with van der Waals surface area (Å²) in [7, 11) is -3.35. The number of thioether (sulfide) groups is 1. The van der Waals surface area contributed by atoms with Crippen molar-refractivity contribution < 1.29 is 17.6 Å². The van der Waals surface area contributed by atoms with Gasteiger partial charge in [-0.05, 0) is 24.6 Å². The van der Waals surface area contributed by atoms with E-state index >= 15 is 0 Å². The number of halogens is 1. The van der Waals surface area contributed by atoms with Crippen LogP contribution in [-0.2, 0) is 10.0 Å². The molecule has 1 N–H and O–H groups in total. The molecular formula is C14H19FN2O3S2. The maximum atomic E-state index is 13.2. The molecule has 1 heterocycles. The monoisotopic (exact) mass is 346 g/mol. The summed E-state index contributed by atoms with van der Waals surface area (Å²) < 4.78 is 38.9. The molecule has 1 aliphatic heterocycles. The highest BCUT2D eigenvalue weighted by molar-refractivity contribution is 7.99. The number of amides is 1. The molecule has 0 atom stereocenters. The highest BCUT2D eigenvalue weighted by Crippen LogP contribution is 2.13. The Morgan fingerprint density at radius 2 is 2.05 bits per heavy atom. The lowest BCUT2D eigenvalue weighted by atomic mass is 10.1. The van der Waals surface area contributed by atoms with Gasteiger partial charge in [-0.25, -0.2) is 17.1 Å². The van der Waals surface area contributed by atoms with Crippen LogP contribution < -0.4 is 5.32 Å². The number of rotatable bonds is 5. The van der Waals surface area contributed by atoms with E-state index in [-0.39, 0.29) is 17.9 Å². The van der Waals surface area contributed by atoms with Gasteiger partial charge in [0.05, 0.1) is 5.75 Å². The molecule has 122 valence electrons. The van der Waals surface area contributed by atoms with Crippen LogP contribution in [0.5, 0.6) is 0 Å². The number of carbonyl (C=O) groups is 1. The first kappa shape index (κ1) is 17.2. The lowest BCUT2D eigenvalue weighted by Gasteiger charge is -2.25. The van der Waals surface area contributed by atoms with Gasteiger partial charge in [-0.1, -0.05) is 6.07 Å². The molecule has 1 aromatic rings. The van der Waals surface area contributed by atoms with Crippen LogP contribution in [0.2, 0.25) is 0 Å². The summed E-state index contributed by atoms with van der Waals surface area (Å²) in [4.78, 5) is 12.0. The lowest BCUT2D eigenvalue weighted by Crippen LogP contribution is -2.41. The minimum absolute atomic E-state index is 0.0146. The Kier molecular flexibility index (Phi) is 5.82. The summed E-state index contributed by atoms with van der Waals surface area (Å²) in [6.45, 7) is 2.76. The van der Waals surface area contributed by atoms with Crippen molar-refractivity contribution in [1.29, 1.82) is 0 Å². The highest BCUT2D eigenvalue weighted by Gasteiger charge is 2.24. The molecule has 2 rings (SSSR count). The number of benzene rings is 1. The molecule has 0 unspecified atom stereocenters. The summed E-state index contributed by atoms with van der Waals surface area (Å²) >= 11 is 1.73. The Morgan fingerprint density at radius 3 is 2.73 bits per heavy atom. The number of carbonyl (C=O) groups excluding carboxylic acids is 1. The maximum Gasteiger partial charge on any atom is 0.251 e. The van der Waals surface area contributed by atoms with Gasteiger partial charge < -0.3 is 5.32 Å². The molecule has 0 spiro atoms. The third-order valence-electron chi connectivity index (χ3n) is 3.45. The third-order valence-corrected chi connectivity index (χ3v) is 6.27. The number of hydrogen-bond donors (Lipinski definition) is 1. The Bertz CT molecular complexity index is 643. The van der Waals surface area contributed by atoms with E-state index in [1.165, 1.54) is 16.4 Å². The van der Waals surface area contributed by atoms with Crippen LogP contribution in [0.25, 0.3) is 0 Å². The van der Waals surface area contributed by atoms with Crippen molar-refractivity contribution in [2.45, 2.75) is 6.92 Å². The molecule has 0 bridgehead atoms. The summed E-state index contributed by atoms with van der Waals surface area (Å²) in [6.07, 6.45) is 0. The number of nitrogens with one attached hydrogen (secondary N) is 1. The molecule has 1 fully saturated rings. The Morgan fingerprint density at radius 1 is 1.36 bits per heavy atom. The normalized spacial score (nSPS) is 16.5. The predicted octanol–water partition coefficient (Wildman–Crippen LogP) is 1.24. The van der Waals surface area contributed by atoms with Crippen LogP contribution >= 0.6 is 11.8 Å². The van der Waals surface area contributed by atoms with Gasteiger partial charge in [-0.3, -0.25) is 4.79 Å². The molecule has 22 heavy (non-hydrogen) atoms. The fourth-order valence-electron chi connectivity index (χ4n) is 2.18. The average molecular weight is 346 g/mol. The fraction of sp³-hybridized carbons (Fsp3) is 0.500. The van der Waals surface area contributed by atoms with Crippen molar-refractivity contribution in [1.82, 2.24) is 9.62 Å². The van der Waals surface area contributed by atoms with Gasteiger partial charge in [0.15, 0.2) is 0 Å². The predicted molar refractivity (Wildman–Crippen MR) is 86.2 cm³/mol. The minimum atomic E-state index is -3.35. The largest absolute Gasteiger partial charge is 0.351 e. The molecule has 0 radical (unpaired) electrons. The second-order valence-electron chi connectivity index (χ2n) is 5.04. The Balaban J connectivity index is 1.90. The third kappa shape index (κ3) is 4.44. The van der Waals surface area contributed by atoms with Crippen molar-refractivity contribution in [3.8, 4) is 0 Å². The van der Waals surface area contributed by atoms with E-state index in [9.17, 15) is 17.6 Å². The average Bonchev–Trinajstić information content (AvgIpc) is 2.50. The molecule has 0 saturated carbocycles. The van der Waals surface area contributed by atoms with Crippen molar-refractivity contribution in [3.05, 3.63) is 35.1 Å². The van der Waals surface area contributed by atoms with Gasteiger partial charge in [-0.2, -0.15) is 11.8 Å². The van der Waals surface area contributed by atoms with Crippen LogP contribution in [0.1, 0.15) is 15.9 Å². The van der Waals surface area contributed by atoms with Gasteiger partial charge >= 0.3 is 0 Å². The van der Waals surface area contributed by atoms with E-state index in [4.69, 9.17) is 0 Å². The van der Waals surface area contributed by atoms with Crippen molar-refractivity contribution >= 4 is 27.7 Å². The van der Waals surface area contributed by atoms with E-state index < -0.39 is 21.7 Å². The first-order chi connectivity index (χ1) is 10.4. The second kappa shape index (κ2) is 7.43. The van der Waals surface area contributed by atoms with Gasteiger partial charge in [0.2, 0.25) is 10.0 Å². The molecule has 8 heteroatoms. The van der Waals surface area contributed by atoms with E-state index in [0.717, 1.165) is 17.6 Å². The number of nitrogens with zero attached hydrogens (tertiary/aromatic N) is 1. The first-order valence-electron chi connectivity index (χ1n) is 7.00. The zero-order chi connectivity index (χ0) is 16.2. The second-order valence-corrected chi connectivity index (χ2v) is 8.36. The van der Waals surface area contributed by atoms with Gasteiger partial charge in [0, 0.05) is 36.7 Å². The smallest absolute Gasteiger partial charge is 0.251 e. The molecule has 1 saturated heterocycles. The lowest BCUT2D eigenvalue weighted by molar-refractivity contribution is 0.0955. The summed E-state index contributed by atoms with van der Waals surface area (Å²) in [5.41, 5.74) is 0.876.